The number of sulfonamides is 1. The number of carbonyl (C=O) groups excluding carboxylic acids is 2. The first-order chi connectivity index (χ1) is 18.6. The van der Waals surface area contributed by atoms with E-state index in [1.807, 2.05) is 70.2 Å². The molecule has 2 atom stereocenters. The first-order valence-electron chi connectivity index (χ1n) is 13.4. The molecule has 2 amide bonds. The molecule has 0 aliphatic rings. The lowest BCUT2D eigenvalue weighted by molar-refractivity contribution is -0.139. The summed E-state index contributed by atoms with van der Waals surface area (Å²) >= 11 is 0. The average Bonchev–Trinajstić information content (AvgIpc) is 2.94. The van der Waals surface area contributed by atoms with Gasteiger partial charge in [-0.05, 0) is 62.9 Å². The number of nitrogens with one attached hydrogen (secondary N) is 1. The van der Waals surface area contributed by atoms with Gasteiger partial charge in [-0.25, -0.2) is 8.42 Å². The van der Waals surface area contributed by atoms with E-state index in [-0.39, 0.29) is 23.4 Å². The second-order valence-corrected chi connectivity index (χ2v) is 11.7. The summed E-state index contributed by atoms with van der Waals surface area (Å²) in [6.45, 7) is 9.12. The minimum Gasteiger partial charge on any atom is -0.352 e. The molecule has 1 N–H and O–H groups in total. The molecule has 39 heavy (non-hydrogen) atoms. The summed E-state index contributed by atoms with van der Waals surface area (Å²) < 4.78 is 29.2. The fourth-order valence-electron chi connectivity index (χ4n) is 4.23. The van der Waals surface area contributed by atoms with Crippen LogP contribution >= 0.6 is 0 Å². The summed E-state index contributed by atoms with van der Waals surface area (Å²) in [5.74, 6) is -0.747. The van der Waals surface area contributed by atoms with Gasteiger partial charge in [0.05, 0.1) is 10.6 Å². The van der Waals surface area contributed by atoms with Gasteiger partial charge in [0.15, 0.2) is 0 Å². The third-order valence-corrected chi connectivity index (χ3v) is 8.67. The molecule has 3 rings (SSSR count). The Morgan fingerprint density at radius 3 is 2.10 bits per heavy atom. The van der Waals surface area contributed by atoms with E-state index < -0.39 is 28.5 Å². The molecule has 208 valence electrons. The van der Waals surface area contributed by atoms with Crippen LogP contribution in [-0.4, -0.2) is 43.8 Å². The highest BCUT2D eigenvalue weighted by Crippen LogP contribution is 2.28. The van der Waals surface area contributed by atoms with E-state index in [1.54, 1.807) is 43.3 Å². The maximum atomic E-state index is 14.0. The molecule has 7 nitrogen and oxygen atoms in total. The maximum Gasteiger partial charge on any atom is 0.264 e. The number of aryl methyl sites for hydroxylation is 2. The monoisotopic (exact) mass is 549 g/mol. The highest BCUT2D eigenvalue weighted by atomic mass is 32.2. The van der Waals surface area contributed by atoms with E-state index in [9.17, 15) is 18.0 Å². The van der Waals surface area contributed by atoms with Crippen molar-refractivity contribution in [3.8, 4) is 0 Å². The predicted molar refractivity (Wildman–Crippen MR) is 156 cm³/mol. The van der Waals surface area contributed by atoms with E-state index in [0.29, 0.717) is 12.1 Å². The normalized spacial score (nSPS) is 12.8. The van der Waals surface area contributed by atoms with E-state index in [4.69, 9.17) is 0 Å². The molecule has 8 heteroatoms. The molecule has 3 aromatic carbocycles. The highest BCUT2D eigenvalue weighted by Gasteiger charge is 2.33. The summed E-state index contributed by atoms with van der Waals surface area (Å²) in [5, 5.41) is 2.95. The lowest BCUT2D eigenvalue weighted by atomic mass is 10.1. The van der Waals surface area contributed by atoms with Crippen molar-refractivity contribution in [1.29, 1.82) is 0 Å². The Balaban J connectivity index is 2.05. The SMILES string of the molecule is CCc1ccccc1N(CC(=O)N(Cc1ccccc1)[C@@H](C)C(=O)N[C@@H](C)CC)S(=O)(=O)c1ccc(C)cc1. The van der Waals surface area contributed by atoms with Gasteiger partial charge < -0.3 is 10.2 Å². The molecule has 0 bridgehead atoms. The van der Waals surface area contributed by atoms with Crippen LogP contribution < -0.4 is 9.62 Å². The molecular formula is C31H39N3O4S. The Labute approximate surface area is 232 Å². The van der Waals surface area contributed by atoms with Gasteiger partial charge >= 0.3 is 0 Å². The van der Waals surface area contributed by atoms with Crippen molar-refractivity contribution < 1.29 is 18.0 Å². The Morgan fingerprint density at radius 1 is 0.872 bits per heavy atom. The van der Waals surface area contributed by atoms with Gasteiger partial charge in [0.1, 0.15) is 12.6 Å². The second kappa shape index (κ2) is 13.4. The zero-order chi connectivity index (χ0) is 28.6. The number of anilines is 1. The van der Waals surface area contributed by atoms with E-state index in [2.05, 4.69) is 5.32 Å². The van der Waals surface area contributed by atoms with Gasteiger partial charge in [-0.2, -0.15) is 0 Å². The first-order valence-corrected chi connectivity index (χ1v) is 14.8. The van der Waals surface area contributed by atoms with Crippen LogP contribution in [0.4, 0.5) is 5.69 Å². The van der Waals surface area contributed by atoms with Gasteiger partial charge in [-0.1, -0.05) is 80.1 Å². The highest BCUT2D eigenvalue weighted by molar-refractivity contribution is 7.92. The predicted octanol–water partition coefficient (Wildman–Crippen LogP) is 5.08. The topological polar surface area (TPSA) is 86.8 Å². The summed E-state index contributed by atoms with van der Waals surface area (Å²) in [7, 11) is -4.09. The molecule has 0 aliphatic carbocycles. The molecule has 0 aromatic heterocycles. The van der Waals surface area contributed by atoms with Crippen LogP contribution in [0.3, 0.4) is 0 Å². The van der Waals surface area contributed by atoms with Crippen LogP contribution in [0, 0.1) is 6.92 Å². The molecular weight excluding hydrogens is 510 g/mol. The van der Waals surface area contributed by atoms with Crippen LogP contribution in [0.5, 0.6) is 0 Å². The van der Waals surface area contributed by atoms with Crippen molar-refractivity contribution in [3.63, 3.8) is 0 Å². The number of benzene rings is 3. The molecule has 0 radical (unpaired) electrons. The van der Waals surface area contributed by atoms with Crippen LogP contribution in [0.2, 0.25) is 0 Å². The van der Waals surface area contributed by atoms with Crippen LogP contribution in [0.15, 0.2) is 83.8 Å². The maximum absolute atomic E-state index is 14.0. The molecule has 0 saturated heterocycles. The molecule has 0 saturated carbocycles. The Morgan fingerprint density at radius 2 is 1.49 bits per heavy atom. The summed E-state index contributed by atoms with van der Waals surface area (Å²) in [6.07, 6.45) is 1.34. The fourth-order valence-corrected chi connectivity index (χ4v) is 5.68. The smallest absolute Gasteiger partial charge is 0.264 e. The van der Waals surface area contributed by atoms with Gasteiger partial charge in [0, 0.05) is 12.6 Å². The molecule has 0 fully saturated rings. The Hall–Kier alpha value is -3.65. The molecule has 3 aromatic rings. The first kappa shape index (κ1) is 29.9. The molecule has 0 aliphatic heterocycles. The zero-order valence-electron chi connectivity index (χ0n) is 23.4. The van der Waals surface area contributed by atoms with Crippen molar-refractivity contribution in [1.82, 2.24) is 10.2 Å². The minimum absolute atomic E-state index is 0.0523. The Bertz CT molecular complexity index is 1360. The van der Waals surface area contributed by atoms with Crippen molar-refractivity contribution in [2.45, 2.75) is 71.0 Å². The number of nitrogens with zero attached hydrogens (tertiary/aromatic N) is 2. The standard InChI is InChI=1S/C31H39N3O4S/c1-6-24(4)32-31(36)25(5)33(21-26-13-9-8-10-14-26)30(35)22-34(29-16-12-11-15-27(29)7-2)39(37,38)28-19-17-23(3)18-20-28/h8-20,24-25H,6-7,21-22H2,1-5H3,(H,32,36)/t24-,25-/m0/s1. The Kier molecular flexibility index (Phi) is 10.3. The van der Waals surface area contributed by atoms with Crippen molar-refractivity contribution in [3.05, 3.63) is 95.6 Å². The number of para-hydroxylation sites is 1. The molecule has 0 unspecified atom stereocenters. The van der Waals surface area contributed by atoms with Gasteiger partial charge in [0.25, 0.3) is 10.0 Å². The van der Waals surface area contributed by atoms with Crippen molar-refractivity contribution in [2.75, 3.05) is 10.8 Å². The number of hydrogen-bond acceptors (Lipinski definition) is 4. The lowest BCUT2D eigenvalue weighted by Gasteiger charge is -2.33. The number of hydrogen-bond donors (Lipinski definition) is 1. The fraction of sp³-hybridized carbons (Fsp3) is 0.355. The summed E-state index contributed by atoms with van der Waals surface area (Å²) in [4.78, 5) is 28.7. The zero-order valence-corrected chi connectivity index (χ0v) is 24.2. The van der Waals surface area contributed by atoms with Crippen LogP contribution in [-0.2, 0) is 32.6 Å². The minimum atomic E-state index is -4.09. The second-order valence-electron chi connectivity index (χ2n) is 9.81. The van der Waals surface area contributed by atoms with E-state index in [0.717, 1.165) is 23.1 Å². The molecule has 0 spiro atoms. The quantitative estimate of drug-likeness (QED) is 0.341. The van der Waals surface area contributed by atoms with E-state index >= 15 is 0 Å². The third-order valence-electron chi connectivity index (χ3n) is 6.89. The number of rotatable bonds is 12. The van der Waals surface area contributed by atoms with Gasteiger partial charge in [-0.15, -0.1) is 0 Å². The third kappa shape index (κ3) is 7.47. The summed E-state index contributed by atoms with van der Waals surface area (Å²) in [6, 6.07) is 22.3. The van der Waals surface area contributed by atoms with Gasteiger partial charge in [0.2, 0.25) is 11.8 Å². The van der Waals surface area contributed by atoms with Crippen LogP contribution in [0.25, 0.3) is 0 Å². The van der Waals surface area contributed by atoms with Gasteiger partial charge in [-0.3, -0.25) is 13.9 Å². The van der Waals surface area contributed by atoms with Crippen molar-refractivity contribution in [2.24, 2.45) is 0 Å². The largest absolute Gasteiger partial charge is 0.352 e. The van der Waals surface area contributed by atoms with E-state index in [1.165, 1.54) is 9.21 Å². The lowest BCUT2D eigenvalue weighted by Crippen LogP contribution is -2.52. The summed E-state index contributed by atoms with van der Waals surface area (Å²) in [5.41, 5.74) is 3.03. The van der Waals surface area contributed by atoms with Crippen molar-refractivity contribution >= 4 is 27.5 Å². The number of carbonyl (C=O) groups is 2. The van der Waals surface area contributed by atoms with Crippen LogP contribution in [0.1, 0.15) is 50.8 Å². The number of amides is 2. The molecule has 0 heterocycles. The average molecular weight is 550 g/mol.